The molecule has 4 bridgehead atoms. The van der Waals surface area contributed by atoms with Gasteiger partial charge in [0.1, 0.15) is 19.0 Å². The number of aromatic nitrogens is 1. The summed E-state index contributed by atoms with van der Waals surface area (Å²) in [7, 11) is 0. The molecule has 1 heterocycles. The number of rotatable bonds is 8. The lowest BCUT2D eigenvalue weighted by molar-refractivity contribution is -0.173. The number of nitrogens with zero attached hydrogens (tertiary/aromatic N) is 1. The predicted octanol–water partition coefficient (Wildman–Crippen LogP) is 3.24. The van der Waals surface area contributed by atoms with Crippen molar-refractivity contribution in [2.24, 2.45) is 23.2 Å². The minimum Gasteiger partial charge on any atom is -0.491 e. The van der Waals surface area contributed by atoms with Crippen molar-refractivity contribution in [2.45, 2.75) is 38.5 Å². The number of hydrogen-bond donors (Lipinski definition) is 0. The molecule has 5 nitrogen and oxygen atoms in total. The summed E-state index contributed by atoms with van der Waals surface area (Å²) in [5, 5.41) is 0. The summed E-state index contributed by atoms with van der Waals surface area (Å²) in [5.41, 5.74) is -0.167. The Balaban J connectivity index is 1.13. The lowest BCUT2D eigenvalue weighted by atomic mass is 9.49. The summed E-state index contributed by atoms with van der Waals surface area (Å²) in [6.45, 7) is 1.73. The molecule has 0 spiro atoms. The van der Waals surface area contributed by atoms with E-state index in [0.29, 0.717) is 26.4 Å². The zero-order valence-electron chi connectivity index (χ0n) is 14.7. The van der Waals surface area contributed by atoms with Gasteiger partial charge >= 0.3 is 5.97 Å². The molecule has 136 valence electrons. The molecule has 0 aromatic carbocycles. The van der Waals surface area contributed by atoms with E-state index < -0.39 is 0 Å². The van der Waals surface area contributed by atoms with E-state index in [1.807, 2.05) is 12.1 Å². The van der Waals surface area contributed by atoms with E-state index in [1.54, 1.807) is 12.4 Å². The van der Waals surface area contributed by atoms with Crippen LogP contribution < -0.4 is 4.74 Å². The zero-order valence-corrected chi connectivity index (χ0v) is 14.7. The fourth-order valence-corrected chi connectivity index (χ4v) is 5.46. The van der Waals surface area contributed by atoms with Crippen molar-refractivity contribution in [3.8, 4) is 5.75 Å². The molecule has 4 saturated carbocycles. The maximum atomic E-state index is 12.7. The van der Waals surface area contributed by atoms with Gasteiger partial charge in [0.15, 0.2) is 0 Å². The van der Waals surface area contributed by atoms with Crippen molar-refractivity contribution in [3.05, 3.63) is 24.5 Å². The summed E-state index contributed by atoms with van der Waals surface area (Å²) in [5.74, 6) is 3.11. The molecule has 4 fully saturated rings. The molecule has 1 aromatic heterocycles. The van der Waals surface area contributed by atoms with Crippen LogP contribution in [0.5, 0.6) is 5.75 Å². The van der Waals surface area contributed by atoms with Crippen LogP contribution in [-0.2, 0) is 14.3 Å². The van der Waals surface area contributed by atoms with Gasteiger partial charge in [-0.1, -0.05) is 0 Å². The fraction of sp³-hybridized carbons (Fsp3) is 0.700. The van der Waals surface area contributed by atoms with Crippen LogP contribution in [0.25, 0.3) is 0 Å². The predicted molar refractivity (Wildman–Crippen MR) is 92.1 cm³/mol. The van der Waals surface area contributed by atoms with Crippen LogP contribution in [-0.4, -0.2) is 37.4 Å². The lowest BCUT2D eigenvalue weighted by Crippen LogP contribution is -2.50. The van der Waals surface area contributed by atoms with Gasteiger partial charge in [-0.3, -0.25) is 9.78 Å². The van der Waals surface area contributed by atoms with E-state index >= 15 is 0 Å². The summed E-state index contributed by atoms with van der Waals surface area (Å²) >= 11 is 0. The Bertz CT molecular complexity index is 553. The molecular weight excluding hydrogens is 318 g/mol. The minimum atomic E-state index is -0.167. The van der Waals surface area contributed by atoms with E-state index in [0.717, 1.165) is 42.8 Å². The minimum absolute atomic E-state index is 0.0308. The van der Waals surface area contributed by atoms with Crippen molar-refractivity contribution in [3.63, 3.8) is 0 Å². The Morgan fingerprint density at radius 2 is 1.56 bits per heavy atom. The molecule has 5 heteroatoms. The molecule has 0 N–H and O–H groups in total. The Morgan fingerprint density at radius 1 is 0.960 bits per heavy atom. The Kier molecular flexibility index (Phi) is 4.93. The molecule has 4 aliphatic rings. The van der Waals surface area contributed by atoms with E-state index in [2.05, 4.69) is 4.98 Å². The highest BCUT2D eigenvalue weighted by Gasteiger charge is 2.55. The first-order valence-electron chi connectivity index (χ1n) is 9.51. The second kappa shape index (κ2) is 7.32. The summed E-state index contributed by atoms with van der Waals surface area (Å²) < 4.78 is 16.6. The van der Waals surface area contributed by atoms with Crippen molar-refractivity contribution < 1.29 is 19.0 Å². The molecule has 0 atom stereocenters. The smallest absolute Gasteiger partial charge is 0.312 e. The maximum Gasteiger partial charge on any atom is 0.312 e. The average molecular weight is 345 g/mol. The number of hydrogen-bond acceptors (Lipinski definition) is 5. The van der Waals surface area contributed by atoms with Crippen LogP contribution in [0.2, 0.25) is 0 Å². The molecule has 0 aliphatic heterocycles. The van der Waals surface area contributed by atoms with E-state index in [4.69, 9.17) is 14.2 Å². The molecule has 0 unspecified atom stereocenters. The van der Waals surface area contributed by atoms with Crippen LogP contribution in [0.4, 0.5) is 0 Å². The third kappa shape index (κ3) is 3.81. The second-order valence-corrected chi connectivity index (χ2v) is 7.98. The van der Waals surface area contributed by atoms with Crippen LogP contribution in [0.1, 0.15) is 38.5 Å². The summed E-state index contributed by atoms with van der Waals surface area (Å²) in [6.07, 6.45) is 10.6. The molecule has 0 amide bonds. The zero-order chi connectivity index (χ0) is 17.1. The molecule has 4 aliphatic carbocycles. The Morgan fingerprint density at radius 3 is 2.20 bits per heavy atom. The van der Waals surface area contributed by atoms with E-state index in [9.17, 15) is 4.79 Å². The third-order valence-electron chi connectivity index (χ3n) is 6.08. The highest BCUT2D eigenvalue weighted by molar-refractivity contribution is 5.77. The number of carbonyl (C=O) groups is 1. The van der Waals surface area contributed by atoms with Gasteiger partial charge in [0.05, 0.1) is 18.6 Å². The van der Waals surface area contributed by atoms with Gasteiger partial charge in [-0.15, -0.1) is 0 Å². The van der Waals surface area contributed by atoms with Gasteiger partial charge in [0.25, 0.3) is 0 Å². The van der Waals surface area contributed by atoms with Gasteiger partial charge in [-0.2, -0.15) is 0 Å². The van der Waals surface area contributed by atoms with Gasteiger partial charge < -0.3 is 14.2 Å². The Labute approximate surface area is 149 Å². The lowest BCUT2D eigenvalue weighted by Gasteiger charge is -2.55. The fourth-order valence-electron chi connectivity index (χ4n) is 5.46. The van der Waals surface area contributed by atoms with Crippen LogP contribution in [0, 0.1) is 23.2 Å². The van der Waals surface area contributed by atoms with E-state index in [1.165, 1.54) is 19.3 Å². The first-order valence-corrected chi connectivity index (χ1v) is 9.51. The topological polar surface area (TPSA) is 57.7 Å². The number of carbonyl (C=O) groups excluding carboxylic acids is 1. The Hall–Kier alpha value is -1.62. The molecule has 25 heavy (non-hydrogen) atoms. The van der Waals surface area contributed by atoms with Gasteiger partial charge in [-0.25, -0.2) is 0 Å². The van der Waals surface area contributed by atoms with Crippen LogP contribution in [0.3, 0.4) is 0 Å². The van der Waals surface area contributed by atoms with Crippen LogP contribution >= 0.6 is 0 Å². The highest BCUT2D eigenvalue weighted by Crippen LogP contribution is 2.60. The normalized spacial score (nSPS) is 32.6. The maximum absolute atomic E-state index is 12.7. The number of esters is 1. The molecule has 0 radical (unpaired) electrons. The SMILES string of the molecule is O=C(OCCOCCOc1ccncc1)C12CC3CC(CC(C3)C1)C2. The van der Waals surface area contributed by atoms with Gasteiger partial charge in [-0.05, 0) is 68.4 Å². The van der Waals surface area contributed by atoms with Crippen molar-refractivity contribution in [1.29, 1.82) is 0 Å². The standard InChI is InChI=1S/C20H27NO4/c22-19(20-12-15-9-16(13-20)11-17(10-15)14-20)25-8-6-23-5-7-24-18-1-3-21-4-2-18/h1-4,15-17H,5-14H2. The van der Waals surface area contributed by atoms with Gasteiger partial charge in [0.2, 0.25) is 0 Å². The third-order valence-corrected chi connectivity index (χ3v) is 6.08. The first kappa shape index (κ1) is 16.8. The number of pyridine rings is 1. The van der Waals surface area contributed by atoms with E-state index in [-0.39, 0.29) is 11.4 Å². The van der Waals surface area contributed by atoms with Crippen molar-refractivity contribution in [2.75, 3.05) is 26.4 Å². The molecule has 5 rings (SSSR count). The largest absolute Gasteiger partial charge is 0.491 e. The number of ether oxygens (including phenoxy) is 3. The van der Waals surface area contributed by atoms with Gasteiger partial charge in [0, 0.05) is 12.4 Å². The monoisotopic (exact) mass is 345 g/mol. The molecule has 0 saturated heterocycles. The first-order chi connectivity index (χ1) is 12.2. The average Bonchev–Trinajstić information content (AvgIpc) is 2.60. The quantitative estimate of drug-likeness (QED) is 0.535. The summed E-state index contributed by atoms with van der Waals surface area (Å²) in [6, 6.07) is 3.63. The molecular formula is C20H27NO4. The summed E-state index contributed by atoms with van der Waals surface area (Å²) in [4.78, 5) is 16.6. The highest BCUT2D eigenvalue weighted by atomic mass is 16.6. The van der Waals surface area contributed by atoms with Crippen molar-refractivity contribution >= 4 is 5.97 Å². The second-order valence-electron chi connectivity index (χ2n) is 7.98. The van der Waals surface area contributed by atoms with Crippen molar-refractivity contribution in [1.82, 2.24) is 4.98 Å². The molecule has 1 aromatic rings. The van der Waals surface area contributed by atoms with Crippen LogP contribution in [0.15, 0.2) is 24.5 Å².